The third-order valence-electron chi connectivity index (χ3n) is 3.42. The number of rotatable bonds is 4. The molecule has 0 aliphatic heterocycles. The van der Waals surface area contributed by atoms with Crippen molar-refractivity contribution >= 4 is 34.4 Å². The molecule has 126 valence electrons. The molecule has 9 nitrogen and oxygen atoms in total. The number of carbonyl (C=O) groups excluding carboxylic acids is 2. The van der Waals surface area contributed by atoms with E-state index in [1.54, 1.807) is 12.1 Å². The lowest BCUT2D eigenvalue weighted by Gasteiger charge is -2.05. The van der Waals surface area contributed by atoms with E-state index in [4.69, 9.17) is 4.42 Å². The summed E-state index contributed by atoms with van der Waals surface area (Å²) >= 11 is 0. The van der Waals surface area contributed by atoms with Gasteiger partial charge in [-0.05, 0) is 24.3 Å². The van der Waals surface area contributed by atoms with Crippen LogP contribution in [-0.4, -0.2) is 28.9 Å². The van der Waals surface area contributed by atoms with Crippen LogP contribution in [0.5, 0.6) is 0 Å². The first-order valence-electron chi connectivity index (χ1n) is 7.03. The van der Waals surface area contributed by atoms with Gasteiger partial charge in [-0.15, -0.1) is 0 Å². The highest BCUT2D eigenvalue weighted by Crippen LogP contribution is 2.30. The highest BCUT2D eigenvalue weighted by molar-refractivity contribution is 6.13. The van der Waals surface area contributed by atoms with Crippen LogP contribution in [-0.2, 0) is 4.74 Å². The van der Waals surface area contributed by atoms with Gasteiger partial charge in [0.25, 0.3) is 11.6 Å². The van der Waals surface area contributed by atoms with E-state index in [0.717, 1.165) is 0 Å². The van der Waals surface area contributed by atoms with Crippen LogP contribution in [0.3, 0.4) is 0 Å². The Morgan fingerprint density at radius 1 is 1.24 bits per heavy atom. The number of carbonyl (C=O) groups is 2. The molecule has 0 saturated carbocycles. The number of ether oxygens (including phenoxy) is 1. The van der Waals surface area contributed by atoms with Crippen molar-refractivity contribution < 1.29 is 23.7 Å². The Hall–Kier alpha value is -3.75. The summed E-state index contributed by atoms with van der Waals surface area (Å²) < 4.78 is 10.00. The number of pyridine rings is 1. The number of furan rings is 1. The second-order valence-corrected chi connectivity index (χ2v) is 4.91. The summed E-state index contributed by atoms with van der Waals surface area (Å²) in [5.74, 6) is -1.52. The van der Waals surface area contributed by atoms with Crippen LogP contribution < -0.4 is 5.32 Å². The number of aromatic nitrogens is 1. The number of methoxy groups -OCH3 is 1. The SMILES string of the molecule is COC(=O)c1oc2ncccc2c1NC(=O)c1ccc([N+](=O)[O-])cc1. The van der Waals surface area contributed by atoms with Gasteiger partial charge in [-0.25, -0.2) is 9.78 Å². The minimum absolute atomic E-state index is 0.123. The third-order valence-corrected chi connectivity index (χ3v) is 3.42. The van der Waals surface area contributed by atoms with Gasteiger partial charge in [0.15, 0.2) is 0 Å². The van der Waals surface area contributed by atoms with E-state index in [1.807, 2.05) is 0 Å². The van der Waals surface area contributed by atoms with Crippen LogP contribution in [0.25, 0.3) is 11.1 Å². The molecule has 1 amide bonds. The van der Waals surface area contributed by atoms with Crippen LogP contribution in [0.15, 0.2) is 47.0 Å². The van der Waals surface area contributed by atoms with E-state index < -0.39 is 16.8 Å². The Kier molecular flexibility index (Phi) is 4.12. The monoisotopic (exact) mass is 341 g/mol. The number of nitrogens with one attached hydrogen (secondary N) is 1. The van der Waals surface area contributed by atoms with Crippen molar-refractivity contribution in [2.45, 2.75) is 0 Å². The number of nitrogens with zero attached hydrogens (tertiary/aromatic N) is 2. The lowest BCUT2D eigenvalue weighted by Crippen LogP contribution is -2.14. The maximum absolute atomic E-state index is 12.4. The molecule has 1 N–H and O–H groups in total. The minimum Gasteiger partial charge on any atom is -0.463 e. The molecule has 0 bridgehead atoms. The average molecular weight is 341 g/mol. The number of fused-ring (bicyclic) bond motifs is 1. The van der Waals surface area contributed by atoms with E-state index in [0.29, 0.717) is 5.39 Å². The van der Waals surface area contributed by atoms with Crippen molar-refractivity contribution in [3.8, 4) is 0 Å². The molecule has 9 heteroatoms. The van der Waals surface area contributed by atoms with Crippen molar-refractivity contribution in [1.82, 2.24) is 4.98 Å². The highest BCUT2D eigenvalue weighted by Gasteiger charge is 2.24. The van der Waals surface area contributed by atoms with Crippen molar-refractivity contribution in [2.24, 2.45) is 0 Å². The van der Waals surface area contributed by atoms with Gasteiger partial charge in [-0.3, -0.25) is 14.9 Å². The Balaban J connectivity index is 1.97. The second-order valence-electron chi connectivity index (χ2n) is 4.91. The first-order chi connectivity index (χ1) is 12.0. The first-order valence-corrected chi connectivity index (χ1v) is 7.03. The van der Waals surface area contributed by atoms with Gasteiger partial charge < -0.3 is 14.5 Å². The molecule has 1 aromatic carbocycles. The summed E-state index contributed by atoms with van der Waals surface area (Å²) in [5.41, 5.74) is 0.338. The Bertz CT molecular complexity index is 977. The zero-order valence-corrected chi connectivity index (χ0v) is 12.9. The number of nitro benzene ring substituents is 1. The molecule has 0 aliphatic carbocycles. The smallest absolute Gasteiger partial charge is 0.376 e. The molecule has 0 saturated heterocycles. The van der Waals surface area contributed by atoms with E-state index in [-0.39, 0.29) is 28.4 Å². The van der Waals surface area contributed by atoms with Gasteiger partial charge in [0.05, 0.1) is 17.4 Å². The predicted octanol–water partition coefficient (Wildman–Crippen LogP) is 2.77. The summed E-state index contributed by atoms with van der Waals surface area (Å²) in [4.78, 5) is 38.4. The lowest BCUT2D eigenvalue weighted by atomic mass is 10.2. The van der Waals surface area contributed by atoms with Crippen molar-refractivity contribution in [3.63, 3.8) is 0 Å². The van der Waals surface area contributed by atoms with Crippen LogP contribution in [0.4, 0.5) is 11.4 Å². The molecule has 2 heterocycles. The number of hydrogen-bond acceptors (Lipinski definition) is 7. The van der Waals surface area contributed by atoms with Crippen molar-refractivity contribution in [3.05, 3.63) is 64.0 Å². The molecular formula is C16H11N3O6. The van der Waals surface area contributed by atoms with Gasteiger partial charge >= 0.3 is 5.97 Å². The fourth-order valence-corrected chi connectivity index (χ4v) is 2.21. The number of hydrogen-bond donors (Lipinski definition) is 1. The van der Waals surface area contributed by atoms with E-state index in [9.17, 15) is 19.7 Å². The fraction of sp³-hybridized carbons (Fsp3) is 0.0625. The zero-order valence-electron chi connectivity index (χ0n) is 12.9. The van der Waals surface area contributed by atoms with E-state index in [2.05, 4.69) is 15.0 Å². The topological polar surface area (TPSA) is 125 Å². The molecule has 0 aliphatic rings. The lowest BCUT2D eigenvalue weighted by molar-refractivity contribution is -0.384. The van der Waals surface area contributed by atoms with Crippen molar-refractivity contribution in [2.75, 3.05) is 12.4 Å². The predicted molar refractivity (Wildman–Crippen MR) is 86.4 cm³/mol. The maximum atomic E-state index is 12.4. The first kappa shape index (κ1) is 16.1. The quantitative estimate of drug-likeness (QED) is 0.439. The number of non-ortho nitro benzene ring substituents is 1. The molecule has 3 rings (SSSR count). The Labute approximate surface area is 140 Å². The Morgan fingerprint density at radius 3 is 2.60 bits per heavy atom. The largest absolute Gasteiger partial charge is 0.463 e. The summed E-state index contributed by atoms with van der Waals surface area (Å²) in [5, 5.41) is 13.7. The third kappa shape index (κ3) is 3.02. The number of nitro groups is 1. The molecule has 3 aromatic rings. The van der Waals surface area contributed by atoms with Crippen molar-refractivity contribution in [1.29, 1.82) is 0 Å². The van der Waals surface area contributed by atoms with Gasteiger partial charge in [0.2, 0.25) is 11.5 Å². The van der Waals surface area contributed by atoms with E-state index >= 15 is 0 Å². The van der Waals surface area contributed by atoms with Gasteiger partial charge in [0.1, 0.15) is 5.69 Å². The van der Waals surface area contributed by atoms with Gasteiger partial charge in [0, 0.05) is 23.9 Å². The molecule has 0 radical (unpaired) electrons. The van der Waals surface area contributed by atoms with Crippen LogP contribution >= 0.6 is 0 Å². The van der Waals surface area contributed by atoms with Crippen LogP contribution in [0.1, 0.15) is 20.9 Å². The van der Waals surface area contributed by atoms with Crippen LogP contribution in [0, 0.1) is 10.1 Å². The normalized spacial score (nSPS) is 10.4. The molecular weight excluding hydrogens is 330 g/mol. The molecule has 25 heavy (non-hydrogen) atoms. The van der Waals surface area contributed by atoms with Crippen LogP contribution in [0.2, 0.25) is 0 Å². The van der Waals surface area contributed by atoms with E-state index in [1.165, 1.54) is 37.6 Å². The maximum Gasteiger partial charge on any atom is 0.376 e. The minimum atomic E-state index is -0.767. The molecule has 0 unspecified atom stereocenters. The molecule has 0 atom stereocenters. The Morgan fingerprint density at radius 2 is 1.96 bits per heavy atom. The second kappa shape index (κ2) is 6.40. The standard InChI is InChI=1S/C16H11N3O6/c1-24-16(21)13-12(11-3-2-8-17-15(11)25-13)18-14(20)9-4-6-10(7-5-9)19(22)23/h2-8H,1H3,(H,18,20). The zero-order chi connectivity index (χ0) is 18.0. The summed E-state index contributed by atoms with van der Waals surface area (Å²) in [6.07, 6.45) is 1.48. The van der Waals surface area contributed by atoms with Gasteiger partial charge in [-0.2, -0.15) is 0 Å². The number of esters is 1. The highest BCUT2D eigenvalue weighted by atomic mass is 16.6. The fourth-order valence-electron chi connectivity index (χ4n) is 2.21. The number of anilines is 1. The molecule has 0 fully saturated rings. The number of benzene rings is 1. The summed E-state index contributed by atoms with van der Waals surface area (Å²) in [7, 11) is 1.19. The molecule has 2 aromatic heterocycles. The summed E-state index contributed by atoms with van der Waals surface area (Å²) in [6, 6.07) is 8.30. The van der Waals surface area contributed by atoms with Gasteiger partial charge in [-0.1, -0.05) is 0 Å². The molecule has 0 spiro atoms. The number of amides is 1. The summed E-state index contributed by atoms with van der Waals surface area (Å²) in [6.45, 7) is 0. The average Bonchev–Trinajstić information content (AvgIpc) is 2.99.